The molecule has 2 aromatic carbocycles. The lowest BCUT2D eigenvalue weighted by molar-refractivity contribution is -0.162. The molecule has 32 heavy (non-hydrogen) atoms. The molecule has 0 fully saturated rings. The van der Waals surface area contributed by atoms with Crippen LogP contribution in [0.3, 0.4) is 0 Å². The van der Waals surface area contributed by atoms with Crippen LogP contribution in [0.1, 0.15) is 31.4 Å². The molecular formula is C26H26O6. The van der Waals surface area contributed by atoms with E-state index in [1.165, 1.54) is 6.07 Å². The molecule has 166 valence electrons. The van der Waals surface area contributed by atoms with Crippen molar-refractivity contribution >= 4 is 16.9 Å². The molecule has 4 rings (SSSR count). The third kappa shape index (κ3) is 4.46. The predicted octanol–water partition coefficient (Wildman–Crippen LogP) is 3.97. The molecule has 1 aliphatic heterocycles. The van der Waals surface area contributed by atoms with E-state index in [1.807, 2.05) is 43.3 Å². The van der Waals surface area contributed by atoms with Gasteiger partial charge in [0.15, 0.2) is 5.60 Å². The van der Waals surface area contributed by atoms with E-state index >= 15 is 0 Å². The maximum absolute atomic E-state index is 12.9. The molecule has 0 unspecified atom stereocenters. The van der Waals surface area contributed by atoms with Crippen molar-refractivity contribution in [2.45, 2.75) is 44.8 Å². The van der Waals surface area contributed by atoms with E-state index in [9.17, 15) is 14.7 Å². The maximum Gasteiger partial charge on any atom is 0.336 e. The summed E-state index contributed by atoms with van der Waals surface area (Å²) in [6.45, 7) is 3.50. The lowest BCUT2D eigenvalue weighted by Gasteiger charge is -2.35. The summed E-state index contributed by atoms with van der Waals surface area (Å²) >= 11 is 0. The lowest BCUT2D eigenvalue weighted by atomic mass is 9.88. The van der Waals surface area contributed by atoms with Crippen molar-refractivity contribution in [1.82, 2.24) is 0 Å². The van der Waals surface area contributed by atoms with Crippen molar-refractivity contribution in [3.8, 4) is 5.75 Å². The molecule has 6 heteroatoms. The number of hydrogen-bond donors (Lipinski definition) is 1. The average molecular weight is 434 g/mol. The van der Waals surface area contributed by atoms with E-state index < -0.39 is 23.3 Å². The Morgan fingerprint density at radius 2 is 2.00 bits per heavy atom. The molecule has 0 saturated carbocycles. The largest absolute Gasteiger partial charge is 0.485 e. The number of fused-ring (bicyclic) bond motifs is 2. The second kappa shape index (κ2) is 9.01. The first kappa shape index (κ1) is 21.8. The molecule has 3 aromatic rings. The molecule has 0 aliphatic carbocycles. The molecule has 6 nitrogen and oxygen atoms in total. The summed E-state index contributed by atoms with van der Waals surface area (Å²) in [5.74, 6) is 0.157. The Balaban J connectivity index is 1.66. The SMILES string of the molecule is C/C=C(\CCO)C(=O)O[C@@](C)(Cc1ccccc1)[C@@H]1Cc2cc3ccc(=O)oc3cc2O1. The molecule has 0 amide bonds. The minimum absolute atomic E-state index is 0.132. The summed E-state index contributed by atoms with van der Waals surface area (Å²) in [7, 11) is 0. The predicted molar refractivity (Wildman–Crippen MR) is 121 cm³/mol. The molecular weight excluding hydrogens is 408 g/mol. The van der Waals surface area contributed by atoms with Crippen molar-refractivity contribution in [2.75, 3.05) is 6.61 Å². The number of rotatable bonds is 7. The standard InChI is InChI=1S/C26H26O6/c1-3-18(11-12-27)25(29)32-26(2,16-17-7-5-4-6-8-17)23-14-20-13-19-9-10-24(28)31-21(19)15-22(20)30-23/h3-10,13,15,23,27H,11-12,14,16H2,1-2H3/b18-3+/t23-,26-/m0/s1. The Bertz CT molecular complexity index is 1210. The van der Waals surface area contributed by atoms with Crippen LogP contribution in [0.4, 0.5) is 0 Å². The highest BCUT2D eigenvalue weighted by Gasteiger charge is 2.44. The number of benzene rings is 2. The van der Waals surface area contributed by atoms with E-state index in [0.717, 1.165) is 16.5 Å². The molecule has 1 N–H and O–H groups in total. The zero-order chi connectivity index (χ0) is 22.7. The maximum atomic E-state index is 12.9. The van der Waals surface area contributed by atoms with E-state index in [4.69, 9.17) is 13.9 Å². The first-order valence-corrected chi connectivity index (χ1v) is 10.7. The monoisotopic (exact) mass is 434 g/mol. The van der Waals surface area contributed by atoms with Crippen LogP contribution in [-0.2, 0) is 22.4 Å². The van der Waals surface area contributed by atoms with Gasteiger partial charge in [0.05, 0.1) is 0 Å². The second-order valence-electron chi connectivity index (χ2n) is 8.21. The highest BCUT2D eigenvalue weighted by Crippen LogP contribution is 2.39. The fourth-order valence-corrected chi connectivity index (χ4v) is 4.13. The third-order valence-electron chi connectivity index (χ3n) is 5.87. The minimum atomic E-state index is -0.964. The fourth-order valence-electron chi connectivity index (χ4n) is 4.13. The minimum Gasteiger partial charge on any atom is -0.485 e. The Labute approximate surface area is 186 Å². The van der Waals surface area contributed by atoms with Gasteiger partial charge in [0.1, 0.15) is 17.4 Å². The number of carbonyl (C=O) groups excluding carboxylic acids is 1. The van der Waals surface area contributed by atoms with Crippen molar-refractivity contribution < 1.29 is 23.8 Å². The van der Waals surface area contributed by atoms with Crippen LogP contribution in [-0.4, -0.2) is 29.4 Å². The molecule has 0 bridgehead atoms. The Morgan fingerprint density at radius 1 is 1.22 bits per heavy atom. The zero-order valence-electron chi connectivity index (χ0n) is 18.2. The van der Waals surface area contributed by atoms with Gasteiger partial charge in [-0.05, 0) is 37.1 Å². The molecule has 1 aromatic heterocycles. The van der Waals surface area contributed by atoms with Crippen LogP contribution in [0, 0.1) is 0 Å². The molecule has 1 aliphatic rings. The van der Waals surface area contributed by atoms with Crippen molar-refractivity contribution in [3.05, 3.63) is 87.8 Å². The van der Waals surface area contributed by atoms with Crippen LogP contribution < -0.4 is 10.4 Å². The van der Waals surface area contributed by atoms with E-state index in [1.54, 1.807) is 25.1 Å². The highest BCUT2D eigenvalue weighted by atomic mass is 16.6. The Kier molecular flexibility index (Phi) is 6.15. The number of esters is 1. The van der Waals surface area contributed by atoms with Gasteiger partial charge >= 0.3 is 11.6 Å². The van der Waals surface area contributed by atoms with E-state index in [-0.39, 0.29) is 13.0 Å². The molecule has 0 radical (unpaired) electrons. The van der Waals surface area contributed by atoms with Gasteiger partial charge in [0, 0.05) is 49.0 Å². The number of ether oxygens (including phenoxy) is 2. The summed E-state index contributed by atoms with van der Waals surface area (Å²) in [6.07, 6.45) is 2.47. The molecule has 2 atom stereocenters. The molecule has 2 heterocycles. The van der Waals surface area contributed by atoms with Crippen LogP contribution in [0.5, 0.6) is 5.75 Å². The molecule has 0 spiro atoms. The van der Waals surface area contributed by atoms with Crippen LogP contribution >= 0.6 is 0 Å². The Hall–Kier alpha value is -3.38. The summed E-state index contributed by atoms with van der Waals surface area (Å²) in [5.41, 5.74) is 1.48. The number of aliphatic hydroxyl groups excluding tert-OH is 1. The number of aliphatic hydroxyl groups is 1. The number of carbonyl (C=O) groups is 1. The fraction of sp³-hybridized carbons (Fsp3) is 0.308. The van der Waals surface area contributed by atoms with Gasteiger partial charge in [-0.3, -0.25) is 0 Å². The molecule has 0 saturated heterocycles. The quantitative estimate of drug-likeness (QED) is 0.344. The second-order valence-corrected chi connectivity index (χ2v) is 8.21. The van der Waals surface area contributed by atoms with Gasteiger partial charge < -0.3 is 19.0 Å². The van der Waals surface area contributed by atoms with Crippen molar-refractivity contribution in [1.29, 1.82) is 0 Å². The summed E-state index contributed by atoms with van der Waals surface area (Å²) in [6, 6.07) is 16.6. The number of hydrogen-bond acceptors (Lipinski definition) is 6. The zero-order valence-corrected chi connectivity index (χ0v) is 18.2. The highest BCUT2D eigenvalue weighted by molar-refractivity contribution is 5.88. The van der Waals surface area contributed by atoms with Crippen LogP contribution in [0.15, 0.2) is 75.5 Å². The lowest BCUT2D eigenvalue weighted by Crippen LogP contribution is -2.48. The van der Waals surface area contributed by atoms with Gasteiger partial charge in [-0.1, -0.05) is 36.4 Å². The van der Waals surface area contributed by atoms with Gasteiger partial charge in [-0.2, -0.15) is 0 Å². The summed E-state index contributed by atoms with van der Waals surface area (Å²) in [4.78, 5) is 24.5. The van der Waals surface area contributed by atoms with E-state index in [0.29, 0.717) is 29.7 Å². The van der Waals surface area contributed by atoms with Gasteiger partial charge in [0.2, 0.25) is 0 Å². The van der Waals surface area contributed by atoms with Gasteiger partial charge in [-0.25, -0.2) is 9.59 Å². The van der Waals surface area contributed by atoms with Gasteiger partial charge in [0.25, 0.3) is 0 Å². The third-order valence-corrected chi connectivity index (χ3v) is 5.87. The Morgan fingerprint density at radius 3 is 2.72 bits per heavy atom. The average Bonchev–Trinajstić information content (AvgIpc) is 3.20. The number of allylic oxidation sites excluding steroid dienone is 1. The van der Waals surface area contributed by atoms with Gasteiger partial charge in [-0.15, -0.1) is 0 Å². The topological polar surface area (TPSA) is 86.0 Å². The smallest absolute Gasteiger partial charge is 0.336 e. The van der Waals surface area contributed by atoms with E-state index in [2.05, 4.69) is 0 Å². The first-order chi connectivity index (χ1) is 15.4. The van der Waals surface area contributed by atoms with Crippen molar-refractivity contribution in [2.24, 2.45) is 0 Å². The summed E-state index contributed by atoms with van der Waals surface area (Å²) < 4.78 is 17.6. The summed E-state index contributed by atoms with van der Waals surface area (Å²) in [5, 5.41) is 10.1. The van der Waals surface area contributed by atoms with Crippen molar-refractivity contribution in [3.63, 3.8) is 0 Å². The van der Waals surface area contributed by atoms with Crippen LogP contribution in [0.25, 0.3) is 11.0 Å². The normalized spacial score (nSPS) is 17.5. The first-order valence-electron chi connectivity index (χ1n) is 10.7. The van der Waals surface area contributed by atoms with Crippen LogP contribution in [0.2, 0.25) is 0 Å².